The zero-order valence-corrected chi connectivity index (χ0v) is 17.8. The fourth-order valence-electron chi connectivity index (χ4n) is 3.99. The molecule has 2 aromatic rings. The predicted molar refractivity (Wildman–Crippen MR) is 117 cm³/mol. The van der Waals surface area contributed by atoms with E-state index in [1.165, 1.54) is 0 Å². The van der Waals surface area contributed by atoms with Crippen molar-refractivity contribution in [1.29, 1.82) is 0 Å². The zero-order valence-electron chi connectivity index (χ0n) is 17.8. The lowest BCUT2D eigenvalue weighted by molar-refractivity contribution is -0.122. The first-order valence-corrected chi connectivity index (χ1v) is 10.4. The van der Waals surface area contributed by atoms with Crippen LogP contribution < -0.4 is 15.1 Å². The third-order valence-corrected chi connectivity index (χ3v) is 5.86. The van der Waals surface area contributed by atoms with E-state index in [1.807, 2.05) is 44.2 Å². The van der Waals surface area contributed by atoms with Crippen LogP contribution >= 0.6 is 0 Å². The van der Waals surface area contributed by atoms with Gasteiger partial charge in [-0.05, 0) is 33.0 Å². The Balaban J connectivity index is 1.45. The van der Waals surface area contributed by atoms with E-state index in [-0.39, 0.29) is 18.2 Å². The van der Waals surface area contributed by atoms with Gasteiger partial charge in [-0.3, -0.25) is 9.59 Å². The molecule has 1 N–H and O–H groups in total. The van der Waals surface area contributed by atoms with Crippen molar-refractivity contribution in [2.75, 3.05) is 54.9 Å². The molecule has 30 heavy (non-hydrogen) atoms. The van der Waals surface area contributed by atoms with Gasteiger partial charge in [0.25, 0.3) is 0 Å². The Labute approximate surface area is 176 Å². The molecule has 0 radical (unpaired) electrons. The van der Waals surface area contributed by atoms with Crippen LogP contribution in [0.4, 0.5) is 17.3 Å². The van der Waals surface area contributed by atoms with E-state index in [9.17, 15) is 9.59 Å². The van der Waals surface area contributed by atoms with Gasteiger partial charge in [-0.15, -0.1) is 0 Å². The monoisotopic (exact) mass is 408 g/mol. The number of aromatic nitrogens is 2. The molecule has 0 saturated carbocycles. The second-order valence-electron chi connectivity index (χ2n) is 8.09. The summed E-state index contributed by atoms with van der Waals surface area (Å²) in [5.74, 6) is 0.122. The van der Waals surface area contributed by atoms with Crippen molar-refractivity contribution in [3.8, 4) is 0 Å². The number of nitrogens with one attached hydrogen (secondary N) is 1. The second-order valence-corrected chi connectivity index (χ2v) is 8.09. The molecule has 0 spiro atoms. The number of rotatable bonds is 4. The summed E-state index contributed by atoms with van der Waals surface area (Å²) < 4.78 is 0. The molecule has 0 aliphatic carbocycles. The number of carbonyl (C=O) groups is 2. The molecule has 0 bridgehead atoms. The van der Waals surface area contributed by atoms with E-state index < -0.39 is 5.92 Å². The normalized spacial score (nSPS) is 20.0. The Morgan fingerprint density at radius 3 is 2.30 bits per heavy atom. The molecule has 4 rings (SSSR count). The number of piperazine rings is 1. The van der Waals surface area contributed by atoms with Crippen LogP contribution in [0.15, 0.2) is 30.3 Å². The van der Waals surface area contributed by atoms with E-state index in [0.29, 0.717) is 18.2 Å². The fourth-order valence-corrected chi connectivity index (χ4v) is 3.99. The van der Waals surface area contributed by atoms with Gasteiger partial charge in [0.1, 0.15) is 0 Å². The molecular formula is C22H28N6O2. The van der Waals surface area contributed by atoms with E-state index in [4.69, 9.17) is 0 Å². The number of amides is 2. The fraction of sp³-hybridized carbons (Fsp3) is 0.455. The van der Waals surface area contributed by atoms with Gasteiger partial charge < -0.3 is 20.0 Å². The van der Waals surface area contributed by atoms with Gasteiger partial charge in [0, 0.05) is 44.8 Å². The number of likely N-dealkylation sites (N-methyl/N-ethyl adjacent to an activating group) is 1. The third-order valence-electron chi connectivity index (χ3n) is 5.86. The number of nitrogens with zero attached hydrogens (tertiary/aromatic N) is 5. The van der Waals surface area contributed by atoms with Crippen LogP contribution in [0.25, 0.3) is 0 Å². The Hall–Kier alpha value is -3.00. The lowest BCUT2D eigenvalue weighted by atomic mass is 10.1. The van der Waals surface area contributed by atoms with Crippen molar-refractivity contribution in [3.63, 3.8) is 0 Å². The van der Waals surface area contributed by atoms with Crippen LogP contribution in [0.2, 0.25) is 0 Å². The minimum absolute atomic E-state index is 0.0311. The molecule has 8 nitrogen and oxygen atoms in total. The summed E-state index contributed by atoms with van der Waals surface area (Å²) in [5, 5.41) is 2.98. The van der Waals surface area contributed by atoms with Gasteiger partial charge in [0.15, 0.2) is 0 Å². The van der Waals surface area contributed by atoms with Gasteiger partial charge in [-0.2, -0.15) is 0 Å². The molecule has 158 valence electrons. The average molecular weight is 409 g/mol. The minimum Gasteiger partial charge on any atom is -0.338 e. The Kier molecular flexibility index (Phi) is 5.67. The molecule has 2 amide bonds. The number of aryl methyl sites for hydroxylation is 2. The lowest BCUT2D eigenvalue weighted by Crippen LogP contribution is -2.45. The number of carbonyl (C=O) groups excluding carboxylic acids is 2. The van der Waals surface area contributed by atoms with E-state index in [0.717, 1.165) is 43.3 Å². The van der Waals surface area contributed by atoms with Gasteiger partial charge in [-0.1, -0.05) is 18.2 Å². The maximum absolute atomic E-state index is 12.9. The standard InChI is InChI=1S/C22H28N6O2/c1-15-20(16(2)24-22(23-15)27-11-9-26(3)10-12-27)25-21(30)17-13-19(29)28(14-17)18-7-5-4-6-8-18/h4-8,17H,9-14H2,1-3H3,(H,25,30). The molecule has 1 aromatic carbocycles. The van der Waals surface area contributed by atoms with Gasteiger partial charge in [-0.25, -0.2) is 9.97 Å². The number of anilines is 3. The average Bonchev–Trinajstić information content (AvgIpc) is 3.13. The van der Waals surface area contributed by atoms with E-state index >= 15 is 0 Å². The highest BCUT2D eigenvalue weighted by molar-refractivity contribution is 6.03. The van der Waals surface area contributed by atoms with Crippen LogP contribution in [-0.4, -0.2) is 66.5 Å². The van der Waals surface area contributed by atoms with Crippen molar-refractivity contribution in [3.05, 3.63) is 41.7 Å². The largest absolute Gasteiger partial charge is 0.338 e. The lowest BCUT2D eigenvalue weighted by Gasteiger charge is -2.32. The molecule has 1 atom stereocenters. The first-order valence-electron chi connectivity index (χ1n) is 10.4. The summed E-state index contributed by atoms with van der Waals surface area (Å²) in [5.41, 5.74) is 2.96. The molecule has 2 aliphatic rings. The molecule has 1 aromatic heterocycles. The molecule has 2 fully saturated rings. The molecular weight excluding hydrogens is 380 g/mol. The molecule has 2 aliphatic heterocycles. The smallest absolute Gasteiger partial charge is 0.229 e. The zero-order chi connectivity index (χ0) is 21.3. The van der Waals surface area contributed by atoms with E-state index in [2.05, 4.69) is 32.1 Å². The Morgan fingerprint density at radius 1 is 1.03 bits per heavy atom. The van der Waals surface area contributed by atoms with Crippen molar-refractivity contribution >= 4 is 29.1 Å². The summed E-state index contributed by atoms with van der Waals surface area (Å²) >= 11 is 0. The highest BCUT2D eigenvalue weighted by Crippen LogP contribution is 2.27. The first-order chi connectivity index (χ1) is 14.4. The van der Waals surface area contributed by atoms with Gasteiger partial charge in [0.05, 0.1) is 23.0 Å². The van der Waals surface area contributed by atoms with Crippen molar-refractivity contribution in [1.82, 2.24) is 14.9 Å². The van der Waals surface area contributed by atoms with Crippen molar-refractivity contribution in [2.24, 2.45) is 5.92 Å². The Bertz CT molecular complexity index is 917. The topological polar surface area (TPSA) is 81.7 Å². The van der Waals surface area contributed by atoms with Gasteiger partial charge >= 0.3 is 0 Å². The van der Waals surface area contributed by atoms with Crippen molar-refractivity contribution < 1.29 is 9.59 Å². The maximum Gasteiger partial charge on any atom is 0.229 e. The maximum atomic E-state index is 12.9. The molecule has 3 heterocycles. The van der Waals surface area contributed by atoms with Crippen LogP contribution in [0.3, 0.4) is 0 Å². The summed E-state index contributed by atoms with van der Waals surface area (Å²) in [6.45, 7) is 7.90. The van der Waals surface area contributed by atoms with Crippen LogP contribution in [0, 0.1) is 19.8 Å². The summed E-state index contributed by atoms with van der Waals surface area (Å²) in [4.78, 5) is 40.8. The number of benzene rings is 1. The summed E-state index contributed by atoms with van der Waals surface area (Å²) in [6, 6.07) is 9.46. The Morgan fingerprint density at radius 2 is 1.67 bits per heavy atom. The highest BCUT2D eigenvalue weighted by atomic mass is 16.2. The molecule has 8 heteroatoms. The third kappa shape index (κ3) is 4.14. The highest BCUT2D eigenvalue weighted by Gasteiger charge is 2.35. The predicted octanol–water partition coefficient (Wildman–Crippen LogP) is 1.84. The van der Waals surface area contributed by atoms with Crippen LogP contribution in [-0.2, 0) is 9.59 Å². The minimum atomic E-state index is -0.395. The summed E-state index contributed by atoms with van der Waals surface area (Å²) in [7, 11) is 2.11. The number of hydrogen-bond acceptors (Lipinski definition) is 6. The SMILES string of the molecule is Cc1nc(N2CCN(C)CC2)nc(C)c1NC(=O)C1CC(=O)N(c2ccccc2)C1. The first kappa shape index (κ1) is 20.3. The molecule has 2 saturated heterocycles. The quantitative estimate of drug-likeness (QED) is 0.831. The summed E-state index contributed by atoms with van der Waals surface area (Å²) in [6.07, 6.45) is 0.207. The van der Waals surface area contributed by atoms with Crippen LogP contribution in [0.5, 0.6) is 0 Å². The number of para-hydroxylation sites is 1. The van der Waals surface area contributed by atoms with Crippen LogP contribution in [0.1, 0.15) is 17.8 Å². The van der Waals surface area contributed by atoms with Crippen molar-refractivity contribution in [2.45, 2.75) is 20.3 Å². The second kappa shape index (κ2) is 8.39. The number of hydrogen-bond donors (Lipinski definition) is 1. The van der Waals surface area contributed by atoms with E-state index in [1.54, 1.807) is 4.90 Å². The van der Waals surface area contributed by atoms with Gasteiger partial charge in [0.2, 0.25) is 17.8 Å². The molecule has 1 unspecified atom stereocenters.